The second-order valence-corrected chi connectivity index (χ2v) is 7.42. The van der Waals surface area contributed by atoms with E-state index in [2.05, 4.69) is 0 Å². The van der Waals surface area contributed by atoms with Crippen molar-refractivity contribution in [3.05, 3.63) is 64.6 Å². The molecule has 0 aromatic heterocycles. The van der Waals surface area contributed by atoms with Crippen molar-refractivity contribution in [3.8, 4) is 11.5 Å². The molecule has 0 N–H and O–H groups in total. The number of hydrogen-bond acceptors (Lipinski definition) is 5. The first kappa shape index (κ1) is 18.5. The van der Waals surface area contributed by atoms with Gasteiger partial charge in [-0.05, 0) is 30.7 Å². The van der Waals surface area contributed by atoms with Crippen LogP contribution in [-0.4, -0.2) is 29.3 Å². The highest BCUT2D eigenvalue weighted by Crippen LogP contribution is 2.39. The van der Waals surface area contributed by atoms with Crippen molar-refractivity contribution < 1.29 is 14.3 Å². The minimum absolute atomic E-state index is 0.0887. The Bertz CT molecular complexity index is 865. The van der Waals surface area contributed by atoms with Gasteiger partial charge in [-0.15, -0.1) is 0 Å². The van der Waals surface area contributed by atoms with Crippen LogP contribution in [-0.2, 0) is 4.79 Å². The van der Waals surface area contributed by atoms with E-state index in [-0.39, 0.29) is 11.9 Å². The largest absolute Gasteiger partial charge is 0.497 e. The van der Waals surface area contributed by atoms with Gasteiger partial charge in [0.15, 0.2) is 0 Å². The van der Waals surface area contributed by atoms with E-state index in [9.17, 15) is 4.79 Å². The third kappa shape index (κ3) is 3.61. The summed E-state index contributed by atoms with van der Waals surface area (Å²) in [5, 5.41) is 0. The molecule has 134 valence electrons. The zero-order valence-electron chi connectivity index (χ0n) is 14.8. The summed E-state index contributed by atoms with van der Waals surface area (Å²) < 4.78 is 11.2. The minimum atomic E-state index is -0.118. The zero-order valence-corrected chi connectivity index (χ0v) is 16.4. The first-order valence-electron chi connectivity index (χ1n) is 8.09. The van der Waals surface area contributed by atoms with Crippen molar-refractivity contribution in [2.24, 2.45) is 0 Å². The molecule has 1 fully saturated rings. The van der Waals surface area contributed by atoms with E-state index >= 15 is 0 Å². The standard InChI is InChI=1S/C20H19NO3S2/c1-13(14-7-5-4-6-8-14)21-19(22)18(26-20(21)25)11-15-9-10-16(23-2)12-17(15)24-3/h4-13H,1-3H3/b18-11-/t13-/m1/s1. The molecule has 3 rings (SSSR count). The fourth-order valence-corrected chi connectivity index (χ4v) is 4.18. The molecule has 4 nitrogen and oxygen atoms in total. The number of methoxy groups -OCH3 is 2. The van der Waals surface area contributed by atoms with E-state index in [0.717, 1.165) is 11.1 Å². The lowest BCUT2D eigenvalue weighted by molar-refractivity contribution is -0.123. The van der Waals surface area contributed by atoms with Crippen LogP contribution in [0.1, 0.15) is 24.1 Å². The van der Waals surface area contributed by atoms with Crippen LogP contribution in [0.2, 0.25) is 0 Å². The average Bonchev–Trinajstić information content (AvgIpc) is 2.95. The van der Waals surface area contributed by atoms with E-state index in [1.807, 2.05) is 55.5 Å². The Morgan fingerprint density at radius 2 is 1.85 bits per heavy atom. The molecule has 0 bridgehead atoms. The van der Waals surface area contributed by atoms with Crippen LogP contribution in [0, 0.1) is 0 Å². The fourth-order valence-electron chi connectivity index (χ4n) is 2.77. The number of nitrogens with zero attached hydrogens (tertiary/aromatic N) is 1. The average molecular weight is 386 g/mol. The Morgan fingerprint density at radius 1 is 1.12 bits per heavy atom. The molecule has 0 spiro atoms. The maximum Gasteiger partial charge on any atom is 0.266 e. The number of hydrogen-bond donors (Lipinski definition) is 0. The van der Waals surface area contributed by atoms with Crippen LogP contribution >= 0.6 is 24.0 Å². The summed E-state index contributed by atoms with van der Waals surface area (Å²) in [7, 11) is 3.19. The summed E-state index contributed by atoms with van der Waals surface area (Å²) in [5.74, 6) is 1.25. The van der Waals surface area contributed by atoms with Crippen LogP contribution in [0.3, 0.4) is 0 Å². The number of rotatable bonds is 5. The number of thioether (sulfide) groups is 1. The van der Waals surface area contributed by atoms with Gasteiger partial charge in [-0.1, -0.05) is 54.3 Å². The van der Waals surface area contributed by atoms with E-state index in [4.69, 9.17) is 21.7 Å². The van der Waals surface area contributed by atoms with Crippen LogP contribution in [0.4, 0.5) is 0 Å². The topological polar surface area (TPSA) is 38.8 Å². The van der Waals surface area contributed by atoms with Gasteiger partial charge in [0.25, 0.3) is 5.91 Å². The Morgan fingerprint density at radius 3 is 2.50 bits per heavy atom. The highest BCUT2D eigenvalue weighted by Gasteiger charge is 2.36. The smallest absolute Gasteiger partial charge is 0.266 e. The monoisotopic (exact) mass is 385 g/mol. The normalized spacial score (nSPS) is 16.9. The Kier molecular flexibility index (Phi) is 5.64. The third-order valence-electron chi connectivity index (χ3n) is 4.22. The summed E-state index contributed by atoms with van der Waals surface area (Å²) >= 11 is 6.77. The molecule has 0 aliphatic carbocycles. The van der Waals surface area contributed by atoms with Gasteiger partial charge in [-0.2, -0.15) is 0 Å². The highest BCUT2D eigenvalue weighted by atomic mass is 32.2. The third-order valence-corrected chi connectivity index (χ3v) is 5.55. The summed E-state index contributed by atoms with van der Waals surface area (Å²) in [6.45, 7) is 1.98. The molecule has 1 heterocycles. The van der Waals surface area contributed by atoms with Crippen molar-refractivity contribution in [1.29, 1.82) is 0 Å². The van der Waals surface area contributed by atoms with E-state index in [1.165, 1.54) is 11.8 Å². The molecule has 1 saturated heterocycles. The molecule has 2 aromatic rings. The first-order valence-corrected chi connectivity index (χ1v) is 9.31. The number of ether oxygens (including phenoxy) is 2. The van der Waals surface area contributed by atoms with Gasteiger partial charge in [0, 0.05) is 11.6 Å². The van der Waals surface area contributed by atoms with Gasteiger partial charge in [-0.3, -0.25) is 9.69 Å². The molecule has 1 aliphatic rings. The molecule has 1 amide bonds. The van der Waals surface area contributed by atoms with E-state index < -0.39 is 0 Å². The van der Waals surface area contributed by atoms with Crippen LogP contribution in [0.25, 0.3) is 6.08 Å². The molecular formula is C20H19NO3S2. The van der Waals surface area contributed by atoms with Gasteiger partial charge in [0.2, 0.25) is 0 Å². The van der Waals surface area contributed by atoms with Crippen molar-refractivity contribution in [3.63, 3.8) is 0 Å². The molecule has 0 radical (unpaired) electrons. The number of benzene rings is 2. The first-order chi connectivity index (χ1) is 12.5. The molecule has 2 aromatic carbocycles. The number of carbonyl (C=O) groups is 1. The lowest BCUT2D eigenvalue weighted by Crippen LogP contribution is -2.30. The van der Waals surface area contributed by atoms with Crippen LogP contribution in [0.5, 0.6) is 11.5 Å². The van der Waals surface area contributed by atoms with Gasteiger partial charge in [0.1, 0.15) is 15.8 Å². The Hall–Kier alpha value is -2.31. The minimum Gasteiger partial charge on any atom is -0.497 e. The summed E-state index contributed by atoms with van der Waals surface area (Å²) in [6.07, 6.45) is 1.81. The van der Waals surface area contributed by atoms with Crippen molar-refractivity contribution in [1.82, 2.24) is 4.90 Å². The van der Waals surface area contributed by atoms with Crippen molar-refractivity contribution >= 4 is 40.3 Å². The molecular weight excluding hydrogens is 366 g/mol. The van der Waals surface area contributed by atoms with Crippen LogP contribution < -0.4 is 9.47 Å². The second kappa shape index (κ2) is 7.93. The molecule has 6 heteroatoms. The van der Waals surface area contributed by atoms with Gasteiger partial charge >= 0.3 is 0 Å². The molecule has 0 unspecified atom stereocenters. The van der Waals surface area contributed by atoms with E-state index in [0.29, 0.717) is 20.7 Å². The zero-order chi connectivity index (χ0) is 18.7. The van der Waals surface area contributed by atoms with Gasteiger partial charge < -0.3 is 9.47 Å². The number of carbonyl (C=O) groups excluding carboxylic acids is 1. The summed E-state index contributed by atoms with van der Waals surface area (Å²) in [6, 6.07) is 15.2. The summed E-state index contributed by atoms with van der Waals surface area (Å²) in [5.41, 5.74) is 1.85. The predicted molar refractivity (Wildman–Crippen MR) is 109 cm³/mol. The number of thiocarbonyl (C=S) groups is 1. The maximum atomic E-state index is 12.9. The molecule has 1 aliphatic heterocycles. The van der Waals surface area contributed by atoms with Crippen molar-refractivity contribution in [2.45, 2.75) is 13.0 Å². The highest BCUT2D eigenvalue weighted by molar-refractivity contribution is 8.26. The fraction of sp³-hybridized carbons (Fsp3) is 0.200. The Balaban J connectivity index is 1.90. The predicted octanol–water partition coefficient (Wildman–Crippen LogP) is 4.67. The second-order valence-electron chi connectivity index (χ2n) is 5.75. The SMILES string of the molecule is COc1ccc(/C=C2\SC(=S)N([C@H](C)c3ccccc3)C2=O)c(OC)c1. The molecule has 26 heavy (non-hydrogen) atoms. The van der Waals surface area contributed by atoms with Gasteiger partial charge in [0.05, 0.1) is 25.2 Å². The lowest BCUT2D eigenvalue weighted by atomic mass is 10.1. The Labute approximate surface area is 162 Å². The molecule has 1 atom stereocenters. The van der Waals surface area contributed by atoms with Crippen molar-refractivity contribution in [2.75, 3.05) is 14.2 Å². The summed E-state index contributed by atoms with van der Waals surface area (Å²) in [4.78, 5) is 15.2. The van der Waals surface area contributed by atoms with Gasteiger partial charge in [-0.25, -0.2) is 0 Å². The maximum absolute atomic E-state index is 12.9. The lowest BCUT2D eigenvalue weighted by Gasteiger charge is -2.23. The quantitative estimate of drug-likeness (QED) is 0.553. The van der Waals surface area contributed by atoms with Crippen LogP contribution in [0.15, 0.2) is 53.4 Å². The number of amides is 1. The van der Waals surface area contributed by atoms with E-state index in [1.54, 1.807) is 25.2 Å². The molecule has 0 saturated carbocycles.